The van der Waals surface area contributed by atoms with E-state index in [-0.39, 0.29) is 6.42 Å². The van der Waals surface area contributed by atoms with Gasteiger partial charge in [0.05, 0.1) is 12.0 Å². The van der Waals surface area contributed by atoms with Crippen LogP contribution in [0.25, 0.3) is 0 Å². The standard InChI is InChI=1S/C19H17BrF2N2O3/c1-10-7-12(8-11(2)16(10)27-15-9-19(15,21)22)23-18(26)24-17(25)13-5-3-4-6-14(13)20/h3-8,15H,9H2,1-2H3,(H2,23,24,25,26). The molecule has 0 radical (unpaired) electrons. The Balaban J connectivity index is 1.66. The molecule has 2 aromatic carbocycles. The molecule has 27 heavy (non-hydrogen) atoms. The first kappa shape index (κ1) is 19.3. The number of carbonyl (C=O) groups excluding carboxylic acids is 2. The van der Waals surface area contributed by atoms with E-state index in [1.165, 1.54) is 0 Å². The second-order valence-corrected chi connectivity index (χ2v) is 7.25. The quantitative estimate of drug-likeness (QED) is 0.719. The fourth-order valence-corrected chi connectivity index (χ4v) is 3.11. The highest BCUT2D eigenvalue weighted by Gasteiger charge is 2.59. The smallest absolute Gasteiger partial charge is 0.326 e. The predicted molar refractivity (Wildman–Crippen MR) is 101 cm³/mol. The van der Waals surface area contributed by atoms with Crippen molar-refractivity contribution in [1.82, 2.24) is 5.32 Å². The van der Waals surface area contributed by atoms with E-state index in [1.807, 2.05) is 0 Å². The molecule has 3 amide bonds. The SMILES string of the molecule is Cc1cc(NC(=O)NC(=O)c2ccccc2Br)cc(C)c1OC1CC1(F)F. The number of aryl methyl sites for hydroxylation is 2. The third kappa shape index (κ3) is 4.44. The third-order valence-corrected chi connectivity index (χ3v) is 4.78. The van der Waals surface area contributed by atoms with E-state index in [0.717, 1.165) is 0 Å². The average molecular weight is 439 g/mol. The molecule has 2 aromatic rings. The molecule has 2 N–H and O–H groups in total. The van der Waals surface area contributed by atoms with Gasteiger partial charge in [-0.05, 0) is 65.2 Å². The lowest BCUT2D eigenvalue weighted by atomic mass is 10.1. The van der Waals surface area contributed by atoms with Crippen LogP contribution in [0.15, 0.2) is 40.9 Å². The lowest BCUT2D eigenvalue weighted by molar-refractivity contribution is 0.0661. The van der Waals surface area contributed by atoms with Crippen LogP contribution in [0.5, 0.6) is 5.75 Å². The molecule has 5 nitrogen and oxygen atoms in total. The Morgan fingerprint density at radius 2 is 1.78 bits per heavy atom. The van der Waals surface area contributed by atoms with Crippen molar-refractivity contribution in [2.75, 3.05) is 5.32 Å². The van der Waals surface area contributed by atoms with Gasteiger partial charge >= 0.3 is 6.03 Å². The number of imide groups is 1. The number of urea groups is 1. The van der Waals surface area contributed by atoms with E-state index in [2.05, 4.69) is 26.6 Å². The zero-order valence-electron chi connectivity index (χ0n) is 14.6. The Morgan fingerprint density at radius 3 is 2.33 bits per heavy atom. The molecule has 0 aromatic heterocycles. The van der Waals surface area contributed by atoms with Crippen molar-refractivity contribution in [2.45, 2.75) is 32.3 Å². The molecular weight excluding hydrogens is 422 g/mol. The number of benzene rings is 2. The van der Waals surface area contributed by atoms with Gasteiger partial charge in [-0.25, -0.2) is 13.6 Å². The molecule has 0 bridgehead atoms. The maximum absolute atomic E-state index is 13.1. The van der Waals surface area contributed by atoms with Crippen LogP contribution >= 0.6 is 15.9 Å². The molecule has 8 heteroatoms. The van der Waals surface area contributed by atoms with Gasteiger partial charge in [0.1, 0.15) is 5.75 Å². The van der Waals surface area contributed by atoms with Crippen LogP contribution < -0.4 is 15.4 Å². The first-order valence-corrected chi connectivity index (χ1v) is 8.99. The normalized spacial score (nSPS) is 17.1. The predicted octanol–water partition coefficient (Wildman–Crippen LogP) is 4.81. The third-order valence-electron chi connectivity index (χ3n) is 4.09. The maximum atomic E-state index is 13.1. The highest BCUT2D eigenvalue weighted by atomic mass is 79.9. The van der Waals surface area contributed by atoms with E-state index < -0.39 is 24.0 Å². The van der Waals surface area contributed by atoms with Crippen molar-refractivity contribution in [3.05, 3.63) is 57.6 Å². The molecule has 1 fully saturated rings. The number of anilines is 1. The van der Waals surface area contributed by atoms with Crippen molar-refractivity contribution in [3.63, 3.8) is 0 Å². The van der Waals surface area contributed by atoms with Crippen LogP contribution in [0.1, 0.15) is 27.9 Å². The largest absolute Gasteiger partial charge is 0.483 e. The van der Waals surface area contributed by atoms with Gasteiger partial charge in [0.2, 0.25) is 0 Å². The number of nitrogens with one attached hydrogen (secondary N) is 2. The first-order chi connectivity index (χ1) is 12.7. The summed E-state index contributed by atoms with van der Waals surface area (Å²) in [5.41, 5.74) is 1.99. The summed E-state index contributed by atoms with van der Waals surface area (Å²) in [5.74, 6) is -2.95. The zero-order valence-corrected chi connectivity index (χ0v) is 16.2. The average Bonchev–Trinajstić information content (AvgIpc) is 3.17. The molecule has 0 saturated heterocycles. The minimum atomic E-state index is -2.78. The highest BCUT2D eigenvalue weighted by molar-refractivity contribution is 9.10. The van der Waals surface area contributed by atoms with Crippen LogP contribution in [0.2, 0.25) is 0 Å². The number of carbonyl (C=O) groups is 2. The van der Waals surface area contributed by atoms with Gasteiger partial charge in [-0.15, -0.1) is 0 Å². The molecule has 1 atom stereocenters. The van der Waals surface area contributed by atoms with Gasteiger partial charge < -0.3 is 10.1 Å². The highest BCUT2D eigenvalue weighted by Crippen LogP contribution is 2.45. The van der Waals surface area contributed by atoms with E-state index >= 15 is 0 Å². The molecule has 1 aliphatic rings. The van der Waals surface area contributed by atoms with Crippen LogP contribution in [0.3, 0.4) is 0 Å². The number of alkyl halides is 2. The molecule has 1 saturated carbocycles. The monoisotopic (exact) mass is 438 g/mol. The van der Waals surface area contributed by atoms with Crippen LogP contribution in [0, 0.1) is 13.8 Å². The summed E-state index contributed by atoms with van der Waals surface area (Å²) >= 11 is 3.25. The summed E-state index contributed by atoms with van der Waals surface area (Å²) in [6.07, 6.45) is -1.38. The van der Waals surface area contributed by atoms with Crippen molar-refractivity contribution in [2.24, 2.45) is 0 Å². The fraction of sp³-hybridized carbons (Fsp3) is 0.263. The number of ether oxygens (including phenoxy) is 1. The van der Waals surface area contributed by atoms with Gasteiger partial charge in [-0.1, -0.05) is 12.1 Å². The Hall–Kier alpha value is -2.48. The van der Waals surface area contributed by atoms with Crippen molar-refractivity contribution in [3.8, 4) is 5.75 Å². The lowest BCUT2D eigenvalue weighted by Crippen LogP contribution is -2.34. The van der Waals surface area contributed by atoms with Crippen molar-refractivity contribution < 1.29 is 23.1 Å². The van der Waals surface area contributed by atoms with Crippen LogP contribution in [0.4, 0.5) is 19.3 Å². The molecule has 0 heterocycles. The molecule has 1 aliphatic carbocycles. The molecule has 0 aliphatic heterocycles. The summed E-state index contributed by atoms with van der Waals surface area (Å²) < 4.78 is 32.1. The molecule has 0 spiro atoms. The van der Waals surface area contributed by atoms with E-state index in [4.69, 9.17) is 4.74 Å². The van der Waals surface area contributed by atoms with Gasteiger partial charge in [-0.3, -0.25) is 10.1 Å². The zero-order chi connectivity index (χ0) is 19.8. The molecule has 142 valence electrons. The first-order valence-electron chi connectivity index (χ1n) is 8.20. The maximum Gasteiger partial charge on any atom is 0.326 e. The fourth-order valence-electron chi connectivity index (χ4n) is 2.64. The number of rotatable bonds is 4. The Kier molecular flexibility index (Phi) is 5.19. The number of halogens is 3. The molecular formula is C19H17BrF2N2O3. The van der Waals surface area contributed by atoms with Crippen molar-refractivity contribution >= 4 is 33.6 Å². The minimum absolute atomic E-state index is 0.286. The Labute approximate surface area is 163 Å². The van der Waals surface area contributed by atoms with Gasteiger partial charge in [0.15, 0.2) is 6.10 Å². The summed E-state index contributed by atoms with van der Waals surface area (Å²) in [6, 6.07) is 9.23. The number of amides is 3. The second kappa shape index (κ2) is 7.26. The van der Waals surface area contributed by atoms with E-state index in [9.17, 15) is 18.4 Å². The topological polar surface area (TPSA) is 67.4 Å². The Bertz CT molecular complexity index is 895. The number of hydrogen-bond donors (Lipinski definition) is 2. The van der Waals surface area contributed by atoms with Crippen molar-refractivity contribution in [1.29, 1.82) is 0 Å². The van der Waals surface area contributed by atoms with Crippen LogP contribution in [-0.4, -0.2) is 24.0 Å². The second-order valence-electron chi connectivity index (χ2n) is 6.40. The number of hydrogen-bond acceptors (Lipinski definition) is 3. The Morgan fingerprint density at radius 1 is 1.19 bits per heavy atom. The molecule has 3 rings (SSSR count). The molecule has 1 unspecified atom stereocenters. The summed E-state index contributed by atoms with van der Waals surface area (Å²) in [7, 11) is 0. The van der Waals surface area contributed by atoms with Gasteiger partial charge in [0, 0.05) is 10.2 Å². The van der Waals surface area contributed by atoms with Gasteiger partial charge in [-0.2, -0.15) is 0 Å². The van der Waals surface area contributed by atoms with Gasteiger partial charge in [0.25, 0.3) is 11.8 Å². The van der Waals surface area contributed by atoms with Crippen LogP contribution in [-0.2, 0) is 0 Å². The van der Waals surface area contributed by atoms with E-state index in [0.29, 0.717) is 32.6 Å². The summed E-state index contributed by atoms with van der Waals surface area (Å²) in [6.45, 7) is 3.41. The van der Waals surface area contributed by atoms with E-state index in [1.54, 1.807) is 50.2 Å². The minimum Gasteiger partial charge on any atom is -0.483 e. The summed E-state index contributed by atoms with van der Waals surface area (Å²) in [4.78, 5) is 24.2. The lowest BCUT2D eigenvalue weighted by Gasteiger charge is -2.14. The summed E-state index contributed by atoms with van der Waals surface area (Å²) in [5, 5.41) is 4.81.